The molecule has 1 saturated heterocycles. The minimum absolute atomic E-state index is 0.294. The van der Waals surface area contributed by atoms with Gasteiger partial charge in [-0.05, 0) is 30.7 Å². The highest BCUT2D eigenvalue weighted by molar-refractivity contribution is 6.43. The summed E-state index contributed by atoms with van der Waals surface area (Å²) in [5.41, 5.74) is -0.105. The van der Waals surface area contributed by atoms with Gasteiger partial charge in [-0.15, -0.1) is 5.01 Å². The molecule has 3 amide bonds. The van der Waals surface area contributed by atoms with Crippen molar-refractivity contribution in [2.75, 3.05) is 7.11 Å². The van der Waals surface area contributed by atoms with Crippen LogP contribution >= 0.6 is 23.2 Å². The van der Waals surface area contributed by atoms with Gasteiger partial charge in [-0.2, -0.15) is 5.10 Å². The fourth-order valence-corrected chi connectivity index (χ4v) is 2.95. The van der Waals surface area contributed by atoms with Gasteiger partial charge in [0.1, 0.15) is 11.3 Å². The first kappa shape index (κ1) is 18.2. The summed E-state index contributed by atoms with van der Waals surface area (Å²) < 4.78 is 5.11. The first-order valence-electron chi connectivity index (χ1n) is 7.66. The molecule has 2 aromatic rings. The topological polar surface area (TPSA) is 71.0 Å². The minimum Gasteiger partial charge on any atom is -0.497 e. The second-order valence-electron chi connectivity index (χ2n) is 5.79. The molecule has 1 aliphatic heterocycles. The molecule has 1 heterocycles. The Labute approximate surface area is 160 Å². The van der Waals surface area contributed by atoms with Gasteiger partial charge in [0.2, 0.25) is 0 Å². The monoisotopic (exact) mass is 391 g/mol. The predicted octanol–water partition coefficient (Wildman–Crippen LogP) is 3.80. The molecule has 0 radical (unpaired) electrons. The van der Waals surface area contributed by atoms with Crippen molar-refractivity contribution in [3.05, 3.63) is 63.6 Å². The number of halogens is 2. The summed E-state index contributed by atoms with van der Waals surface area (Å²) in [5.74, 6) is 0.154. The first-order chi connectivity index (χ1) is 12.4. The van der Waals surface area contributed by atoms with E-state index in [2.05, 4.69) is 10.4 Å². The van der Waals surface area contributed by atoms with Crippen LogP contribution in [0.15, 0.2) is 47.6 Å². The average molecular weight is 392 g/mol. The van der Waals surface area contributed by atoms with Gasteiger partial charge in [-0.25, -0.2) is 4.79 Å². The maximum Gasteiger partial charge on any atom is 0.346 e. The summed E-state index contributed by atoms with van der Waals surface area (Å²) >= 11 is 12.0. The van der Waals surface area contributed by atoms with Crippen molar-refractivity contribution >= 4 is 41.4 Å². The lowest BCUT2D eigenvalue weighted by Gasteiger charge is -2.21. The Hall–Kier alpha value is -2.57. The molecule has 2 aromatic carbocycles. The molecule has 6 nitrogen and oxygen atoms in total. The standard InChI is InChI=1S/C18H15Cl2N3O3/c1-18(12-6-8-13(26-2)9-7-12)16(24)23(17(25)22-18)21-10-11-4-3-5-14(19)15(11)20/h3-10H,1-2H3,(H,22,25)/b21-10+. The molecule has 3 rings (SSSR count). The summed E-state index contributed by atoms with van der Waals surface area (Å²) in [6, 6.07) is 11.3. The summed E-state index contributed by atoms with van der Waals surface area (Å²) in [6.07, 6.45) is 1.32. The number of carbonyl (C=O) groups is 2. The molecular formula is C18H15Cl2N3O3. The number of rotatable bonds is 4. The van der Waals surface area contributed by atoms with Gasteiger partial charge in [-0.3, -0.25) is 4.79 Å². The fourth-order valence-electron chi connectivity index (χ4n) is 2.59. The van der Waals surface area contributed by atoms with Crippen LogP contribution in [0.25, 0.3) is 0 Å². The number of urea groups is 1. The van der Waals surface area contributed by atoms with E-state index >= 15 is 0 Å². The zero-order valence-corrected chi connectivity index (χ0v) is 15.5. The molecule has 0 spiro atoms. The molecular weight excluding hydrogens is 377 g/mol. The zero-order valence-electron chi connectivity index (χ0n) is 14.0. The number of carbonyl (C=O) groups excluding carboxylic acids is 2. The Morgan fingerprint density at radius 2 is 1.85 bits per heavy atom. The third-order valence-electron chi connectivity index (χ3n) is 4.13. The lowest BCUT2D eigenvalue weighted by molar-refractivity contribution is -0.131. The third-order valence-corrected chi connectivity index (χ3v) is 4.96. The van der Waals surface area contributed by atoms with Crippen molar-refractivity contribution in [3.8, 4) is 5.75 Å². The van der Waals surface area contributed by atoms with Gasteiger partial charge in [0.05, 0.1) is 23.4 Å². The highest BCUT2D eigenvalue weighted by Gasteiger charge is 2.49. The molecule has 0 saturated carbocycles. The highest BCUT2D eigenvalue weighted by atomic mass is 35.5. The normalized spacial score (nSPS) is 19.9. The number of ether oxygens (including phenoxy) is 1. The number of methoxy groups -OCH3 is 1. The van der Waals surface area contributed by atoms with E-state index in [1.54, 1.807) is 56.5 Å². The van der Waals surface area contributed by atoms with E-state index < -0.39 is 17.5 Å². The van der Waals surface area contributed by atoms with Crippen LogP contribution in [-0.4, -0.2) is 30.3 Å². The van der Waals surface area contributed by atoms with E-state index in [9.17, 15) is 9.59 Å². The van der Waals surface area contributed by atoms with E-state index in [0.29, 0.717) is 26.9 Å². The minimum atomic E-state index is -1.22. The SMILES string of the molecule is COc1ccc(C2(C)NC(=O)N(/N=C/c3cccc(Cl)c3Cl)C2=O)cc1. The fraction of sp³-hybridized carbons (Fsp3) is 0.167. The second-order valence-corrected chi connectivity index (χ2v) is 6.57. The molecule has 0 aromatic heterocycles. The lowest BCUT2D eigenvalue weighted by atomic mass is 9.92. The number of nitrogens with zero attached hydrogens (tertiary/aromatic N) is 2. The molecule has 134 valence electrons. The summed E-state index contributed by atoms with van der Waals surface area (Å²) in [5, 5.41) is 8.09. The van der Waals surface area contributed by atoms with Crippen LogP contribution in [0.3, 0.4) is 0 Å². The highest BCUT2D eigenvalue weighted by Crippen LogP contribution is 2.30. The van der Waals surface area contributed by atoms with Crippen LogP contribution < -0.4 is 10.1 Å². The van der Waals surface area contributed by atoms with Gasteiger partial charge in [0.25, 0.3) is 5.91 Å². The molecule has 1 fully saturated rings. The molecule has 1 N–H and O–H groups in total. The Morgan fingerprint density at radius 3 is 2.50 bits per heavy atom. The van der Waals surface area contributed by atoms with Gasteiger partial charge < -0.3 is 10.1 Å². The smallest absolute Gasteiger partial charge is 0.346 e. The number of hydrazone groups is 1. The van der Waals surface area contributed by atoms with Crippen molar-refractivity contribution in [3.63, 3.8) is 0 Å². The average Bonchev–Trinajstić information content (AvgIpc) is 2.86. The predicted molar refractivity (Wildman–Crippen MR) is 99.8 cm³/mol. The van der Waals surface area contributed by atoms with Crippen LogP contribution in [0.2, 0.25) is 10.0 Å². The molecule has 0 bridgehead atoms. The molecule has 26 heavy (non-hydrogen) atoms. The van der Waals surface area contributed by atoms with E-state index in [-0.39, 0.29) is 0 Å². The Bertz CT molecular complexity index is 899. The molecule has 1 atom stereocenters. The largest absolute Gasteiger partial charge is 0.497 e. The summed E-state index contributed by atoms with van der Waals surface area (Å²) in [7, 11) is 1.55. The van der Waals surface area contributed by atoms with Crippen LogP contribution in [0.4, 0.5) is 4.79 Å². The molecule has 1 unspecified atom stereocenters. The van der Waals surface area contributed by atoms with Gasteiger partial charge in [-0.1, -0.05) is 47.5 Å². The van der Waals surface area contributed by atoms with E-state index in [0.717, 1.165) is 5.01 Å². The van der Waals surface area contributed by atoms with E-state index in [1.807, 2.05) is 0 Å². The van der Waals surface area contributed by atoms with Crippen molar-refractivity contribution in [2.24, 2.45) is 5.10 Å². The van der Waals surface area contributed by atoms with Crippen molar-refractivity contribution in [1.82, 2.24) is 10.3 Å². The number of hydrogen-bond acceptors (Lipinski definition) is 4. The van der Waals surface area contributed by atoms with E-state index in [4.69, 9.17) is 27.9 Å². The Morgan fingerprint density at radius 1 is 1.15 bits per heavy atom. The van der Waals surface area contributed by atoms with Gasteiger partial charge in [0.15, 0.2) is 0 Å². The van der Waals surface area contributed by atoms with Crippen molar-refractivity contribution < 1.29 is 14.3 Å². The van der Waals surface area contributed by atoms with Gasteiger partial charge >= 0.3 is 6.03 Å². The second kappa shape index (κ2) is 6.97. The lowest BCUT2D eigenvalue weighted by Crippen LogP contribution is -2.40. The van der Waals surface area contributed by atoms with Crippen LogP contribution in [0.1, 0.15) is 18.1 Å². The summed E-state index contributed by atoms with van der Waals surface area (Å²) in [6.45, 7) is 1.62. The van der Waals surface area contributed by atoms with Crippen LogP contribution in [-0.2, 0) is 10.3 Å². The van der Waals surface area contributed by atoms with Crippen molar-refractivity contribution in [2.45, 2.75) is 12.5 Å². The number of hydrogen-bond donors (Lipinski definition) is 1. The Balaban J connectivity index is 1.88. The third kappa shape index (κ3) is 3.13. The Kier molecular flexibility index (Phi) is 4.89. The maximum absolute atomic E-state index is 12.8. The van der Waals surface area contributed by atoms with E-state index in [1.165, 1.54) is 6.21 Å². The molecule has 8 heteroatoms. The maximum atomic E-state index is 12.8. The quantitative estimate of drug-likeness (QED) is 0.636. The van der Waals surface area contributed by atoms with Crippen molar-refractivity contribution in [1.29, 1.82) is 0 Å². The number of nitrogens with one attached hydrogen (secondary N) is 1. The van der Waals surface area contributed by atoms with Gasteiger partial charge in [0, 0.05) is 5.56 Å². The number of amides is 3. The molecule has 1 aliphatic rings. The number of imide groups is 1. The van der Waals surface area contributed by atoms with Crippen LogP contribution in [0.5, 0.6) is 5.75 Å². The summed E-state index contributed by atoms with van der Waals surface area (Å²) in [4.78, 5) is 25.1. The van der Waals surface area contributed by atoms with Crippen LogP contribution in [0, 0.1) is 0 Å². The zero-order chi connectivity index (χ0) is 18.9. The molecule has 0 aliphatic carbocycles. The number of benzene rings is 2. The first-order valence-corrected chi connectivity index (χ1v) is 8.41.